The van der Waals surface area contributed by atoms with Crippen LogP contribution in [0.5, 0.6) is 0 Å². The number of carbonyl (C=O) groups excluding carboxylic acids is 1. The van der Waals surface area contributed by atoms with Crippen molar-refractivity contribution in [2.45, 2.75) is 328 Å². The summed E-state index contributed by atoms with van der Waals surface area (Å²) in [6, 6.07) is -0.909. The molecule has 0 aromatic heterocycles. The fourth-order valence-electron chi connectivity index (χ4n) is 9.65. The fraction of sp³-hybridized carbons (Fsp3) is 0.864. The lowest BCUT2D eigenvalue weighted by Crippen LogP contribution is -2.45. The van der Waals surface area contributed by atoms with E-state index in [1.165, 1.54) is 250 Å². The molecule has 3 atom stereocenters. The first kappa shape index (κ1) is 73.5. The SMILES string of the molecule is CCCCCCCC/C=C/CC/C=C/CC/C=C/C(O)C(COP(=O)([O-])OCC[N+](C)(C)C)NC(=O)CCCCCCCCCCCCCCCCCCCCCCCCCCC/C=C\CCCCCCCCCC. The first-order valence-electron chi connectivity index (χ1n) is 32.5. The van der Waals surface area contributed by atoms with Crippen molar-refractivity contribution in [3.8, 4) is 0 Å². The van der Waals surface area contributed by atoms with Crippen LogP contribution in [-0.4, -0.2) is 68.5 Å². The van der Waals surface area contributed by atoms with Gasteiger partial charge in [-0.25, -0.2) is 0 Å². The van der Waals surface area contributed by atoms with Gasteiger partial charge in [0.15, 0.2) is 0 Å². The number of nitrogens with one attached hydrogen (secondary N) is 1. The summed E-state index contributed by atoms with van der Waals surface area (Å²) < 4.78 is 23.3. The highest BCUT2D eigenvalue weighted by molar-refractivity contribution is 7.45. The number of phosphoric acid groups is 1. The quantitative estimate of drug-likeness (QED) is 0.0272. The maximum absolute atomic E-state index is 13.0. The van der Waals surface area contributed by atoms with Gasteiger partial charge in [0.25, 0.3) is 7.82 Å². The van der Waals surface area contributed by atoms with Gasteiger partial charge in [0.2, 0.25) is 5.91 Å². The van der Waals surface area contributed by atoms with Gasteiger partial charge in [-0.15, -0.1) is 0 Å². The van der Waals surface area contributed by atoms with E-state index in [1.807, 2.05) is 27.2 Å². The monoisotopic (exact) mass is 1070 g/mol. The summed E-state index contributed by atoms with van der Waals surface area (Å²) >= 11 is 0. The van der Waals surface area contributed by atoms with Crippen LogP contribution in [0, 0.1) is 0 Å². The van der Waals surface area contributed by atoms with Gasteiger partial charge in [-0.05, 0) is 70.6 Å². The standard InChI is InChI=1S/C66H127N2O6P/c1-6-8-10-12-14-16-18-20-22-24-25-26-27-28-29-30-31-32-33-34-35-36-37-38-39-40-41-42-43-44-46-48-50-52-54-56-58-60-66(70)67-64(63-74-75(71,72)73-62-61-68(3,4)5)65(69)59-57-55-53-51-49-47-45-23-21-19-17-15-13-11-9-7-2/h21,23-25,49,51,57,59,64-65,69H,6-20,22,26-48,50,52-56,58,60-63H2,1-5H3,(H-,67,70,71,72)/b23-21+,25-24-,51-49+,59-57+. The number of rotatable bonds is 60. The molecule has 0 rings (SSSR count). The predicted molar refractivity (Wildman–Crippen MR) is 325 cm³/mol. The number of phosphoric ester groups is 1. The highest BCUT2D eigenvalue weighted by Gasteiger charge is 2.23. The molecule has 0 aliphatic rings. The summed E-state index contributed by atoms with van der Waals surface area (Å²) in [5.74, 6) is -0.207. The fourth-order valence-corrected chi connectivity index (χ4v) is 10.4. The highest BCUT2D eigenvalue weighted by Crippen LogP contribution is 2.38. The van der Waals surface area contributed by atoms with E-state index in [4.69, 9.17) is 9.05 Å². The summed E-state index contributed by atoms with van der Waals surface area (Å²) in [7, 11) is 1.24. The number of hydrogen-bond acceptors (Lipinski definition) is 6. The Hall–Kier alpha value is -1.54. The minimum absolute atomic E-state index is 0.00816. The molecule has 2 N–H and O–H groups in total. The van der Waals surface area contributed by atoms with E-state index in [0.29, 0.717) is 17.4 Å². The first-order valence-corrected chi connectivity index (χ1v) is 34.0. The zero-order valence-corrected chi connectivity index (χ0v) is 51.4. The maximum atomic E-state index is 13.0. The van der Waals surface area contributed by atoms with Gasteiger partial charge in [-0.2, -0.15) is 0 Å². The van der Waals surface area contributed by atoms with Gasteiger partial charge in [0, 0.05) is 6.42 Å². The molecule has 0 aliphatic heterocycles. The molecule has 9 heteroatoms. The van der Waals surface area contributed by atoms with Gasteiger partial charge < -0.3 is 28.8 Å². The number of quaternary nitrogens is 1. The van der Waals surface area contributed by atoms with E-state index in [2.05, 4.69) is 55.6 Å². The minimum Gasteiger partial charge on any atom is -0.756 e. The summed E-state index contributed by atoms with van der Waals surface area (Å²) in [5.41, 5.74) is 0. The van der Waals surface area contributed by atoms with Crippen molar-refractivity contribution < 1.29 is 32.9 Å². The van der Waals surface area contributed by atoms with Crippen LogP contribution in [0.15, 0.2) is 48.6 Å². The molecule has 0 fully saturated rings. The zero-order chi connectivity index (χ0) is 54.9. The molecule has 0 saturated carbocycles. The van der Waals surface area contributed by atoms with Gasteiger partial charge in [-0.3, -0.25) is 9.36 Å². The summed E-state index contributed by atoms with van der Waals surface area (Å²) in [4.78, 5) is 25.5. The molecule has 0 bridgehead atoms. The number of hydrogen-bond donors (Lipinski definition) is 2. The minimum atomic E-state index is -4.61. The summed E-state index contributed by atoms with van der Waals surface area (Å²) in [5, 5.41) is 13.9. The van der Waals surface area contributed by atoms with Gasteiger partial charge in [-0.1, -0.05) is 287 Å². The Kier molecular flexibility index (Phi) is 56.0. The third-order valence-corrected chi connectivity index (χ3v) is 15.7. The lowest BCUT2D eigenvalue weighted by molar-refractivity contribution is -0.870. The van der Waals surface area contributed by atoms with Crippen LogP contribution in [0.1, 0.15) is 316 Å². The Balaban J connectivity index is 3.96. The number of unbranched alkanes of at least 4 members (excludes halogenated alkanes) is 41. The van der Waals surface area contributed by atoms with Crippen molar-refractivity contribution in [1.82, 2.24) is 5.32 Å². The molecule has 0 aliphatic carbocycles. The Morgan fingerprint density at radius 1 is 0.453 bits per heavy atom. The number of aliphatic hydroxyl groups is 1. The second kappa shape index (κ2) is 57.2. The Bertz CT molecular complexity index is 1360. The molecular formula is C66H127N2O6P. The predicted octanol–water partition coefficient (Wildman–Crippen LogP) is 19.6. The Morgan fingerprint density at radius 3 is 1.08 bits per heavy atom. The van der Waals surface area contributed by atoms with Crippen molar-refractivity contribution in [2.75, 3.05) is 40.9 Å². The highest BCUT2D eigenvalue weighted by atomic mass is 31.2. The summed E-state index contributed by atoms with van der Waals surface area (Å²) in [6.45, 7) is 4.64. The second-order valence-electron chi connectivity index (χ2n) is 23.4. The van der Waals surface area contributed by atoms with E-state index >= 15 is 0 Å². The Labute approximate surface area is 467 Å². The second-order valence-corrected chi connectivity index (χ2v) is 24.9. The third kappa shape index (κ3) is 60.0. The average molecular weight is 1080 g/mol. The molecule has 8 nitrogen and oxygen atoms in total. The van der Waals surface area contributed by atoms with Crippen LogP contribution in [-0.2, 0) is 18.4 Å². The zero-order valence-electron chi connectivity index (χ0n) is 50.5. The normalized spacial score (nSPS) is 14.1. The van der Waals surface area contributed by atoms with Crippen molar-refractivity contribution in [1.29, 1.82) is 0 Å². The van der Waals surface area contributed by atoms with Crippen LogP contribution in [0.2, 0.25) is 0 Å². The molecule has 0 saturated heterocycles. The molecule has 75 heavy (non-hydrogen) atoms. The van der Waals surface area contributed by atoms with Crippen LogP contribution in [0.4, 0.5) is 0 Å². The number of amides is 1. The van der Waals surface area contributed by atoms with Gasteiger partial charge in [0.05, 0.1) is 39.9 Å². The molecule has 442 valence electrons. The number of likely N-dealkylation sites (N-methyl/N-ethyl adjacent to an activating group) is 1. The molecule has 0 heterocycles. The Morgan fingerprint density at radius 2 is 0.747 bits per heavy atom. The molecule has 0 aromatic rings. The van der Waals surface area contributed by atoms with Crippen LogP contribution >= 0.6 is 7.82 Å². The maximum Gasteiger partial charge on any atom is 0.268 e. The van der Waals surface area contributed by atoms with E-state index in [0.717, 1.165) is 44.9 Å². The number of aliphatic hydroxyl groups excluding tert-OH is 1. The van der Waals surface area contributed by atoms with Crippen LogP contribution < -0.4 is 10.2 Å². The average Bonchev–Trinajstić information content (AvgIpc) is 3.37. The molecule has 0 aromatic carbocycles. The number of nitrogens with zero attached hydrogens (tertiary/aromatic N) is 1. The van der Waals surface area contributed by atoms with Crippen molar-refractivity contribution in [3.05, 3.63) is 48.6 Å². The van der Waals surface area contributed by atoms with Gasteiger partial charge >= 0.3 is 0 Å². The van der Waals surface area contributed by atoms with E-state index in [9.17, 15) is 19.4 Å². The number of carbonyl (C=O) groups is 1. The molecule has 0 spiro atoms. The van der Waals surface area contributed by atoms with Crippen LogP contribution in [0.3, 0.4) is 0 Å². The topological polar surface area (TPSA) is 108 Å². The van der Waals surface area contributed by atoms with E-state index < -0.39 is 26.6 Å². The lowest BCUT2D eigenvalue weighted by atomic mass is 10.0. The molecule has 3 unspecified atom stereocenters. The van der Waals surface area contributed by atoms with E-state index in [-0.39, 0.29) is 12.5 Å². The van der Waals surface area contributed by atoms with Crippen LogP contribution in [0.25, 0.3) is 0 Å². The first-order chi connectivity index (χ1) is 36.5. The molecular weight excluding hydrogens is 948 g/mol. The van der Waals surface area contributed by atoms with Crippen molar-refractivity contribution in [3.63, 3.8) is 0 Å². The lowest BCUT2D eigenvalue weighted by Gasteiger charge is -2.29. The molecule has 1 amide bonds. The van der Waals surface area contributed by atoms with Crippen molar-refractivity contribution in [2.24, 2.45) is 0 Å². The van der Waals surface area contributed by atoms with Gasteiger partial charge in [0.1, 0.15) is 13.2 Å². The largest absolute Gasteiger partial charge is 0.756 e. The smallest absolute Gasteiger partial charge is 0.268 e. The molecule has 0 radical (unpaired) electrons. The summed E-state index contributed by atoms with van der Waals surface area (Å²) in [6.07, 6.45) is 76.7. The third-order valence-electron chi connectivity index (χ3n) is 14.7. The van der Waals surface area contributed by atoms with E-state index in [1.54, 1.807) is 6.08 Å². The van der Waals surface area contributed by atoms with Crippen molar-refractivity contribution >= 4 is 13.7 Å². The number of allylic oxidation sites excluding steroid dienone is 7.